The summed E-state index contributed by atoms with van der Waals surface area (Å²) in [5.74, 6) is 0.643. The Kier molecular flexibility index (Phi) is 4.73. The molecule has 0 saturated heterocycles. The van der Waals surface area contributed by atoms with Gasteiger partial charge in [-0.2, -0.15) is 0 Å². The molecule has 0 radical (unpaired) electrons. The van der Waals surface area contributed by atoms with Crippen molar-refractivity contribution in [1.29, 1.82) is 0 Å². The molecular formula is C13H17N5OS. The van der Waals surface area contributed by atoms with Crippen molar-refractivity contribution in [3.05, 3.63) is 29.8 Å². The maximum Gasteiger partial charge on any atom is 0.234 e. The van der Waals surface area contributed by atoms with Crippen LogP contribution in [-0.2, 0) is 11.8 Å². The zero-order valence-electron chi connectivity index (χ0n) is 11.7. The van der Waals surface area contributed by atoms with Gasteiger partial charge in [0.05, 0.1) is 5.75 Å². The lowest BCUT2D eigenvalue weighted by Crippen LogP contribution is -2.14. The number of thioether (sulfide) groups is 1. The highest BCUT2D eigenvalue weighted by Gasteiger charge is 2.08. The van der Waals surface area contributed by atoms with Crippen LogP contribution in [0.2, 0.25) is 0 Å². The predicted molar refractivity (Wildman–Crippen MR) is 78.7 cm³/mol. The molecule has 1 heterocycles. The van der Waals surface area contributed by atoms with Gasteiger partial charge in [-0.3, -0.25) is 4.79 Å². The van der Waals surface area contributed by atoms with E-state index < -0.39 is 0 Å². The molecule has 106 valence electrons. The molecule has 0 spiro atoms. The van der Waals surface area contributed by atoms with Gasteiger partial charge in [0.25, 0.3) is 0 Å². The number of benzene rings is 1. The van der Waals surface area contributed by atoms with Crippen LogP contribution in [0.1, 0.15) is 25.3 Å². The van der Waals surface area contributed by atoms with Gasteiger partial charge in [0.15, 0.2) is 0 Å². The number of anilines is 1. The molecule has 0 aliphatic carbocycles. The Bertz CT molecular complexity index is 596. The van der Waals surface area contributed by atoms with Crippen LogP contribution < -0.4 is 5.32 Å². The standard InChI is InChI=1S/C13H17N5OS/c1-9(2)10-5-4-6-11(7-10)14-12(19)8-20-13-15-16-17-18(13)3/h4-7,9H,8H2,1-3H3,(H,14,19). The van der Waals surface area contributed by atoms with Crippen LogP contribution in [0, 0.1) is 0 Å². The van der Waals surface area contributed by atoms with E-state index in [9.17, 15) is 4.79 Å². The largest absolute Gasteiger partial charge is 0.325 e. The first-order chi connectivity index (χ1) is 9.56. The first-order valence-electron chi connectivity index (χ1n) is 6.31. The molecule has 0 aliphatic rings. The number of nitrogens with zero attached hydrogens (tertiary/aromatic N) is 4. The molecule has 6 nitrogen and oxygen atoms in total. The average molecular weight is 291 g/mol. The van der Waals surface area contributed by atoms with E-state index in [-0.39, 0.29) is 11.7 Å². The second-order valence-electron chi connectivity index (χ2n) is 4.70. The summed E-state index contributed by atoms with van der Waals surface area (Å²) in [6.45, 7) is 4.25. The quantitative estimate of drug-likeness (QED) is 0.854. The summed E-state index contributed by atoms with van der Waals surface area (Å²) in [6.07, 6.45) is 0. The van der Waals surface area contributed by atoms with Crippen LogP contribution in [-0.4, -0.2) is 31.9 Å². The van der Waals surface area contributed by atoms with E-state index in [1.54, 1.807) is 7.05 Å². The van der Waals surface area contributed by atoms with Crippen LogP contribution in [0.15, 0.2) is 29.4 Å². The lowest BCUT2D eigenvalue weighted by atomic mass is 10.0. The zero-order chi connectivity index (χ0) is 14.5. The van der Waals surface area contributed by atoms with Gasteiger partial charge >= 0.3 is 0 Å². The topological polar surface area (TPSA) is 72.7 Å². The number of aromatic nitrogens is 4. The third-order valence-electron chi connectivity index (χ3n) is 2.75. The molecular weight excluding hydrogens is 274 g/mol. The van der Waals surface area contributed by atoms with Gasteiger partial charge in [-0.15, -0.1) is 5.10 Å². The Hall–Kier alpha value is -1.89. The fraction of sp³-hybridized carbons (Fsp3) is 0.385. The number of nitrogens with one attached hydrogen (secondary N) is 1. The van der Waals surface area contributed by atoms with Crippen molar-refractivity contribution in [3.63, 3.8) is 0 Å². The van der Waals surface area contributed by atoms with Crippen LogP contribution in [0.5, 0.6) is 0 Å². The molecule has 1 aromatic carbocycles. The average Bonchev–Trinajstić information content (AvgIpc) is 2.82. The molecule has 0 unspecified atom stereocenters. The highest BCUT2D eigenvalue weighted by Crippen LogP contribution is 2.19. The summed E-state index contributed by atoms with van der Waals surface area (Å²) >= 11 is 1.31. The number of hydrogen-bond acceptors (Lipinski definition) is 5. The van der Waals surface area contributed by atoms with E-state index in [1.807, 2.05) is 18.2 Å². The molecule has 0 saturated carbocycles. The first kappa shape index (κ1) is 14.5. The van der Waals surface area contributed by atoms with Gasteiger partial charge in [-0.25, -0.2) is 4.68 Å². The van der Waals surface area contributed by atoms with E-state index >= 15 is 0 Å². The zero-order valence-corrected chi connectivity index (χ0v) is 12.5. The number of carbonyl (C=O) groups is 1. The fourth-order valence-electron chi connectivity index (χ4n) is 1.65. The third-order valence-corrected chi connectivity index (χ3v) is 3.76. The lowest BCUT2D eigenvalue weighted by Gasteiger charge is -2.09. The molecule has 2 aromatic rings. The predicted octanol–water partition coefficient (Wildman–Crippen LogP) is 2.06. The summed E-state index contributed by atoms with van der Waals surface area (Å²) in [5.41, 5.74) is 2.02. The Balaban J connectivity index is 1.91. The van der Waals surface area contributed by atoms with Crippen LogP contribution in [0.25, 0.3) is 0 Å². The van der Waals surface area contributed by atoms with E-state index in [1.165, 1.54) is 22.0 Å². The van der Waals surface area contributed by atoms with E-state index in [4.69, 9.17) is 0 Å². The molecule has 0 fully saturated rings. The van der Waals surface area contributed by atoms with Crippen LogP contribution >= 0.6 is 11.8 Å². The van der Waals surface area contributed by atoms with Crippen molar-refractivity contribution < 1.29 is 4.79 Å². The Morgan fingerprint density at radius 1 is 1.45 bits per heavy atom. The molecule has 0 aliphatic heterocycles. The van der Waals surface area contributed by atoms with Crippen molar-refractivity contribution >= 4 is 23.4 Å². The summed E-state index contributed by atoms with van der Waals surface area (Å²) in [5, 5.41) is 14.6. The van der Waals surface area contributed by atoms with E-state index in [2.05, 4.69) is 40.8 Å². The van der Waals surface area contributed by atoms with Crippen LogP contribution in [0.3, 0.4) is 0 Å². The molecule has 1 amide bonds. The van der Waals surface area contributed by atoms with Crippen LogP contribution in [0.4, 0.5) is 5.69 Å². The van der Waals surface area contributed by atoms with Gasteiger partial charge in [0, 0.05) is 12.7 Å². The first-order valence-corrected chi connectivity index (χ1v) is 7.30. The number of carbonyl (C=O) groups excluding carboxylic acids is 1. The van der Waals surface area contributed by atoms with Gasteiger partial charge in [0.1, 0.15) is 0 Å². The fourth-order valence-corrected chi connectivity index (χ4v) is 2.30. The van der Waals surface area contributed by atoms with Gasteiger partial charge in [-0.05, 0) is 34.0 Å². The minimum absolute atomic E-state index is 0.0705. The third kappa shape index (κ3) is 3.80. The SMILES string of the molecule is CC(C)c1cccc(NC(=O)CSc2nnnn2C)c1. The number of tetrazole rings is 1. The Labute approximate surface area is 121 Å². The minimum atomic E-state index is -0.0705. The second-order valence-corrected chi connectivity index (χ2v) is 5.64. The maximum absolute atomic E-state index is 11.9. The molecule has 2 rings (SSSR count). The van der Waals surface area contributed by atoms with Crippen molar-refractivity contribution in [2.45, 2.75) is 24.9 Å². The summed E-state index contributed by atoms with van der Waals surface area (Å²) in [7, 11) is 1.74. The molecule has 0 atom stereocenters. The van der Waals surface area contributed by atoms with Crippen molar-refractivity contribution in [1.82, 2.24) is 20.2 Å². The van der Waals surface area contributed by atoms with Crippen molar-refractivity contribution in [2.75, 3.05) is 11.1 Å². The second kappa shape index (κ2) is 6.51. The van der Waals surface area contributed by atoms with Gasteiger partial charge in [-0.1, -0.05) is 37.7 Å². The number of amides is 1. The maximum atomic E-state index is 11.9. The molecule has 1 aromatic heterocycles. The minimum Gasteiger partial charge on any atom is -0.325 e. The molecule has 1 N–H and O–H groups in total. The Morgan fingerprint density at radius 3 is 2.90 bits per heavy atom. The van der Waals surface area contributed by atoms with E-state index in [0.29, 0.717) is 11.1 Å². The lowest BCUT2D eigenvalue weighted by molar-refractivity contribution is -0.113. The monoisotopic (exact) mass is 291 g/mol. The molecule has 0 bridgehead atoms. The number of hydrogen-bond donors (Lipinski definition) is 1. The number of rotatable bonds is 5. The highest BCUT2D eigenvalue weighted by atomic mass is 32.2. The number of aryl methyl sites for hydroxylation is 1. The smallest absolute Gasteiger partial charge is 0.234 e. The highest BCUT2D eigenvalue weighted by molar-refractivity contribution is 7.99. The molecule has 20 heavy (non-hydrogen) atoms. The van der Waals surface area contributed by atoms with Gasteiger partial charge < -0.3 is 5.32 Å². The molecule has 7 heteroatoms. The van der Waals surface area contributed by atoms with Crippen molar-refractivity contribution in [2.24, 2.45) is 7.05 Å². The summed E-state index contributed by atoms with van der Waals surface area (Å²) in [4.78, 5) is 11.9. The summed E-state index contributed by atoms with van der Waals surface area (Å²) < 4.78 is 1.54. The Morgan fingerprint density at radius 2 is 2.25 bits per heavy atom. The normalized spacial score (nSPS) is 10.8. The van der Waals surface area contributed by atoms with Crippen molar-refractivity contribution in [3.8, 4) is 0 Å². The van der Waals surface area contributed by atoms with E-state index in [0.717, 1.165) is 5.69 Å². The summed E-state index contributed by atoms with van der Waals surface area (Å²) in [6, 6.07) is 7.89. The van der Waals surface area contributed by atoms with Gasteiger partial charge in [0.2, 0.25) is 11.1 Å².